The Kier molecular flexibility index (Phi) is 4.90. The molecule has 0 saturated carbocycles. The van der Waals surface area contributed by atoms with E-state index >= 15 is 0 Å². The Hall–Kier alpha value is -1.60. The Morgan fingerprint density at radius 1 is 1.47 bits per heavy atom. The summed E-state index contributed by atoms with van der Waals surface area (Å²) in [5, 5.41) is 12.0. The quantitative estimate of drug-likeness (QED) is 0.695. The molecule has 1 aromatic carbocycles. The van der Waals surface area contributed by atoms with Gasteiger partial charge in [0.25, 0.3) is 0 Å². The summed E-state index contributed by atoms with van der Waals surface area (Å²) in [5.74, 6) is -0.660. The lowest BCUT2D eigenvalue weighted by atomic mass is 10.1. The highest BCUT2D eigenvalue weighted by Gasteiger charge is 2.16. The number of nitrogens with one attached hydrogen (secondary N) is 1. The Bertz CT molecular complexity index is 569. The van der Waals surface area contributed by atoms with E-state index in [9.17, 15) is 18.3 Å². The Balaban J connectivity index is 2.98. The number of sulfone groups is 1. The molecule has 4 N–H and O–H groups in total. The Labute approximate surface area is 112 Å². The van der Waals surface area contributed by atoms with E-state index in [0.29, 0.717) is 6.42 Å². The average Bonchev–Trinajstić information content (AvgIpc) is 2.30. The number of amides is 1. The Morgan fingerprint density at radius 2 is 2.11 bits per heavy atom. The largest absolute Gasteiger partial charge is 0.506 e. The summed E-state index contributed by atoms with van der Waals surface area (Å²) in [7, 11) is -3.40. The summed E-state index contributed by atoms with van der Waals surface area (Å²) in [6.45, 7) is 1.90. The molecule has 0 heterocycles. The molecule has 0 saturated heterocycles. The van der Waals surface area contributed by atoms with Crippen molar-refractivity contribution in [1.29, 1.82) is 0 Å². The van der Waals surface area contributed by atoms with Crippen LogP contribution in [-0.2, 0) is 14.6 Å². The molecule has 0 aliphatic carbocycles. The summed E-state index contributed by atoms with van der Waals surface area (Å²) in [5.41, 5.74) is 5.68. The van der Waals surface area contributed by atoms with E-state index in [1.54, 1.807) is 0 Å². The van der Waals surface area contributed by atoms with E-state index in [-0.39, 0.29) is 16.3 Å². The molecule has 106 valence electrons. The summed E-state index contributed by atoms with van der Waals surface area (Å²) in [6.07, 6.45) is 2.32. The third-order valence-corrected chi connectivity index (χ3v) is 3.70. The SMILES string of the molecule is CCC[C@@H](N)C(=O)Nc1cc(S(C)(=O)=O)ccc1O. The number of carbonyl (C=O) groups is 1. The van der Waals surface area contributed by atoms with Crippen molar-refractivity contribution < 1.29 is 18.3 Å². The van der Waals surface area contributed by atoms with Gasteiger partial charge in [-0.05, 0) is 24.6 Å². The molecule has 0 radical (unpaired) electrons. The van der Waals surface area contributed by atoms with Crippen LogP contribution in [-0.4, -0.2) is 31.7 Å². The van der Waals surface area contributed by atoms with Gasteiger partial charge in [0.15, 0.2) is 9.84 Å². The number of rotatable bonds is 5. The molecule has 0 unspecified atom stereocenters. The highest BCUT2D eigenvalue weighted by atomic mass is 32.2. The molecule has 0 spiro atoms. The molecule has 1 aromatic rings. The van der Waals surface area contributed by atoms with Gasteiger partial charge in [-0.1, -0.05) is 13.3 Å². The molecule has 0 aliphatic heterocycles. The summed E-state index contributed by atoms with van der Waals surface area (Å²) in [6, 6.07) is 3.01. The fourth-order valence-electron chi connectivity index (χ4n) is 1.51. The lowest BCUT2D eigenvalue weighted by Gasteiger charge is -2.13. The number of anilines is 1. The Morgan fingerprint density at radius 3 is 2.63 bits per heavy atom. The van der Waals surface area contributed by atoms with E-state index in [2.05, 4.69) is 5.32 Å². The van der Waals surface area contributed by atoms with E-state index in [4.69, 9.17) is 5.73 Å². The number of phenolic OH excluding ortho intramolecular Hbond substituents is 1. The lowest BCUT2D eigenvalue weighted by Crippen LogP contribution is -2.35. The van der Waals surface area contributed by atoms with Crippen LogP contribution in [0, 0.1) is 0 Å². The second-order valence-electron chi connectivity index (χ2n) is 4.34. The van der Waals surface area contributed by atoms with E-state index in [1.807, 2.05) is 6.92 Å². The first kappa shape index (κ1) is 15.5. The zero-order valence-corrected chi connectivity index (χ0v) is 11.7. The molecule has 0 aliphatic rings. The molecule has 0 fully saturated rings. The van der Waals surface area contributed by atoms with Crippen LogP contribution < -0.4 is 11.1 Å². The highest BCUT2D eigenvalue weighted by molar-refractivity contribution is 7.90. The third-order valence-electron chi connectivity index (χ3n) is 2.59. The number of hydrogen-bond donors (Lipinski definition) is 3. The number of benzene rings is 1. The number of phenols is 1. The van der Waals surface area contributed by atoms with Gasteiger partial charge in [-0.15, -0.1) is 0 Å². The minimum atomic E-state index is -3.40. The van der Waals surface area contributed by atoms with Crippen molar-refractivity contribution in [3.63, 3.8) is 0 Å². The summed E-state index contributed by atoms with van der Waals surface area (Å²) >= 11 is 0. The molecule has 1 atom stereocenters. The van der Waals surface area contributed by atoms with Gasteiger partial charge in [0.1, 0.15) is 5.75 Å². The van der Waals surface area contributed by atoms with Crippen molar-refractivity contribution in [3.8, 4) is 5.75 Å². The third kappa shape index (κ3) is 4.22. The van der Waals surface area contributed by atoms with Crippen LogP contribution in [0.3, 0.4) is 0 Å². The van der Waals surface area contributed by atoms with Crippen LogP contribution in [0.1, 0.15) is 19.8 Å². The van der Waals surface area contributed by atoms with Gasteiger partial charge in [0, 0.05) is 6.26 Å². The van der Waals surface area contributed by atoms with Crippen molar-refractivity contribution in [2.45, 2.75) is 30.7 Å². The highest BCUT2D eigenvalue weighted by Crippen LogP contribution is 2.26. The normalized spacial score (nSPS) is 13.0. The molecule has 1 amide bonds. The molecular formula is C12H18N2O4S. The van der Waals surface area contributed by atoms with E-state index in [1.165, 1.54) is 18.2 Å². The fourth-order valence-corrected chi connectivity index (χ4v) is 2.16. The van der Waals surface area contributed by atoms with Crippen LogP contribution >= 0.6 is 0 Å². The number of aromatic hydroxyl groups is 1. The smallest absolute Gasteiger partial charge is 0.241 e. The molecule has 6 nitrogen and oxygen atoms in total. The fraction of sp³-hybridized carbons (Fsp3) is 0.417. The van der Waals surface area contributed by atoms with Crippen LogP contribution in [0.2, 0.25) is 0 Å². The molecule has 0 bridgehead atoms. The maximum Gasteiger partial charge on any atom is 0.241 e. The maximum absolute atomic E-state index is 11.7. The van der Waals surface area contributed by atoms with Crippen LogP contribution in [0.25, 0.3) is 0 Å². The standard InChI is InChI=1S/C12H18N2O4S/c1-3-4-9(13)12(16)14-10-7-8(19(2,17)18)5-6-11(10)15/h5-7,9,15H,3-4,13H2,1-2H3,(H,14,16)/t9-/m1/s1. The molecular weight excluding hydrogens is 268 g/mol. The van der Waals surface area contributed by atoms with Crippen LogP contribution in [0.5, 0.6) is 5.75 Å². The number of nitrogens with two attached hydrogens (primary N) is 1. The molecule has 7 heteroatoms. The number of hydrogen-bond acceptors (Lipinski definition) is 5. The van der Waals surface area contributed by atoms with Crippen LogP contribution in [0.4, 0.5) is 5.69 Å². The van der Waals surface area contributed by atoms with Gasteiger partial charge >= 0.3 is 0 Å². The molecule has 19 heavy (non-hydrogen) atoms. The summed E-state index contributed by atoms with van der Waals surface area (Å²) < 4.78 is 22.8. The average molecular weight is 286 g/mol. The van der Waals surface area contributed by atoms with Gasteiger partial charge < -0.3 is 16.2 Å². The van der Waals surface area contributed by atoms with Gasteiger partial charge in [-0.2, -0.15) is 0 Å². The first-order valence-electron chi connectivity index (χ1n) is 5.85. The second-order valence-corrected chi connectivity index (χ2v) is 6.35. The minimum Gasteiger partial charge on any atom is -0.506 e. The van der Waals surface area contributed by atoms with Crippen molar-refractivity contribution >= 4 is 21.4 Å². The first-order valence-corrected chi connectivity index (χ1v) is 7.74. The second kappa shape index (κ2) is 6.03. The molecule has 1 rings (SSSR count). The van der Waals surface area contributed by atoms with Gasteiger partial charge in [0.2, 0.25) is 5.91 Å². The van der Waals surface area contributed by atoms with E-state index < -0.39 is 21.8 Å². The van der Waals surface area contributed by atoms with Crippen molar-refractivity contribution in [2.24, 2.45) is 5.73 Å². The minimum absolute atomic E-state index is 0.0182. The van der Waals surface area contributed by atoms with Gasteiger partial charge in [-0.3, -0.25) is 4.79 Å². The maximum atomic E-state index is 11.7. The van der Waals surface area contributed by atoms with Crippen molar-refractivity contribution in [3.05, 3.63) is 18.2 Å². The van der Waals surface area contributed by atoms with Gasteiger partial charge in [0.05, 0.1) is 16.6 Å². The summed E-state index contributed by atoms with van der Waals surface area (Å²) in [4.78, 5) is 11.7. The zero-order valence-electron chi connectivity index (χ0n) is 10.9. The zero-order chi connectivity index (χ0) is 14.6. The van der Waals surface area contributed by atoms with E-state index in [0.717, 1.165) is 12.7 Å². The lowest BCUT2D eigenvalue weighted by molar-refractivity contribution is -0.117. The predicted octanol–water partition coefficient (Wildman–Crippen LogP) is 0.862. The topological polar surface area (TPSA) is 109 Å². The van der Waals surface area contributed by atoms with Crippen molar-refractivity contribution in [1.82, 2.24) is 0 Å². The predicted molar refractivity (Wildman–Crippen MR) is 72.7 cm³/mol. The number of carbonyl (C=O) groups excluding carboxylic acids is 1. The first-order chi connectivity index (χ1) is 8.75. The van der Waals surface area contributed by atoms with Gasteiger partial charge in [-0.25, -0.2) is 8.42 Å². The van der Waals surface area contributed by atoms with Crippen LogP contribution in [0.15, 0.2) is 23.1 Å². The molecule has 0 aromatic heterocycles. The monoisotopic (exact) mass is 286 g/mol. The van der Waals surface area contributed by atoms with Crippen molar-refractivity contribution in [2.75, 3.05) is 11.6 Å².